The Morgan fingerprint density at radius 3 is 3.05 bits per heavy atom. The average Bonchev–Trinajstić information content (AvgIpc) is 2.88. The molecule has 1 aliphatic rings. The van der Waals surface area contributed by atoms with Gasteiger partial charge in [0.1, 0.15) is 5.75 Å². The van der Waals surface area contributed by atoms with Crippen LogP contribution in [0.25, 0.3) is 0 Å². The van der Waals surface area contributed by atoms with Gasteiger partial charge in [0, 0.05) is 22.6 Å². The lowest BCUT2D eigenvalue weighted by molar-refractivity contribution is -0.116. The Hall–Kier alpha value is -1.07. The van der Waals surface area contributed by atoms with E-state index in [2.05, 4.69) is 26.6 Å². The molecule has 1 aliphatic heterocycles. The first kappa shape index (κ1) is 14.3. The molecule has 2 N–H and O–H groups in total. The number of hydrogen-bond donors (Lipinski definition) is 2. The van der Waals surface area contributed by atoms with E-state index in [9.17, 15) is 4.79 Å². The molecule has 0 spiro atoms. The maximum atomic E-state index is 11.9. The maximum Gasteiger partial charge on any atom is 0.224 e. The van der Waals surface area contributed by atoms with E-state index in [0.717, 1.165) is 35.4 Å². The fraction of sp³-hybridized carbons (Fsp3) is 0.500. The van der Waals surface area contributed by atoms with E-state index >= 15 is 0 Å². The Labute approximate surface area is 122 Å². The minimum atomic E-state index is 0.0621. The third-order valence-corrected chi connectivity index (χ3v) is 3.79. The Balaban J connectivity index is 1.85. The highest BCUT2D eigenvalue weighted by molar-refractivity contribution is 9.10. The molecular formula is C14H19BrN2O2. The van der Waals surface area contributed by atoms with E-state index in [4.69, 9.17) is 4.74 Å². The van der Waals surface area contributed by atoms with Crippen molar-refractivity contribution < 1.29 is 9.53 Å². The lowest BCUT2D eigenvalue weighted by atomic mass is 10.0. The molecule has 104 valence electrons. The smallest absolute Gasteiger partial charge is 0.224 e. The van der Waals surface area contributed by atoms with Gasteiger partial charge in [-0.05, 0) is 44.0 Å². The molecule has 1 aromatic rings. The van der Waals surface area contributed by atoms with Gasteiger partial charge in [-0.1, -0.05) is 15.9 Å². The van der Waals surface area contributed by atoms with E-state index in [1.807, 2.05) is 18.2 Å². The van der Waals surface area contributed by atoms with E-state index in [-0.39, 0.29) is 5.91 Å². The van der Waals surface area contributed by atoms with Gasteiger partial charge in [0.15, 0.2) is 0 Å². The SMILES string of the molecule is COc1cc(Br)cc(NC(=O)CCC2CCNC2)c1. The maximum absolute atomic E-state index is 11.9. The van der Waals surface area contributed by atoms with Gasteiger partial charge in [0.25, 0.3) is 0 Å². The summed E-state index contributed by atoms with van der Waals surface area (Å²) >= 11 is 3.40. The van der Waals surface area contributed by atoms with Crippen LogP contribution >= 0.6 is 15.9 Å². The summed E-state index contributed by atoms with van der Waals surface area (Å²) in [6.07, 6.45) is 2.70. The van der Waals surface area contributed by atoms with E-state index < -0.39 is 0 Å². The van der Waals surface area contributed by atoms with Crippen molar-refractivity contribution in [2.75, 3.05) is 25.5 Å². The van der Waals surface area contributed by atoms with Gasteiger partial charge in [0.2, 0.25) is 5.91 Å². The lowest BCUT2D eigenvalue weighted by Gasteiger charge is -2.10. The van der Waals surface area contributed by atoms with Crippen LogP contribution < -0.4 is 15.4 Å². The highest BCUT2D eigenvalue weighted by Gasteiger charge is 2.15. The molecule has 0 saturated carbocycles. The van der Waals surface area contributed by atoms with Crippen molar-refractivity contribution >= 4 is 27.5 Å². The Kier molecular flexibility index (Phi) is 5.22. The number of nitrogens with one attached hydrogen (secondary N) is 2. The third kappa shape index (κ3) is 4.51. The molecule has 1 atom stereocenters. The molecule has 1 saturated heterocycles. The predicted molar refractivity (Wildman–Crippen MR) is 79.5 cm³/mol. The number of hydrogen-bond acceptors (Lipinski definition) is 3. The Morgan fingerprint density at radius 2 is 2.37 bits per heavy atom. The molecule has 0 aliphatic carbocycles. The van der Waals surface area contributed by atoms with Crippen molar-refractivity contribution in [3.8, 4) is 5.75 Å². The van der Waals surface area contributed by atoms with Crippen LogP contribution in [0.2, 0.25) is 0 Å². The molecular weight excluding hydrogens is 308 g/mol. The highest BCUT2D eigenvalue weighted by atomic mass is 79.9. The van der Waals surface area contributed by atoms with Crippen molar-refractivity contribution in [1.29, 1.82) is 0 Å². The van der Waals surface area contributed by atoms with Crippen LogP contribution in [-0.4, -0.2) is 26.1 Å². The summed E-state index contributed by atoms with van der Waals surface area (Å²) in [5.74, 6) is 1.43. The van der Waals surface area contributed by atoms with Crippen molar-refractivity contribution in [2.45, 2.75) is 19.3 Å². The zero-order valence-corrected chi connectivity index (χ0v) is 12.6. The zero-order chi connectivity index (χ0) is 13.7. The van der Waals surface area contributed by atoms with Crippen LogP contribution in [0.5, 0.6) is 5.75 Å². The van der Waals surface area contributed by atoms with E-state index in [0.29, 0.717) is 12.3 Å². The second kappa shape index (κ2) is 6.91. The first-order chi connectivity index (χ1) is 9.17. The first-order valence-electron chi connectivity index (χ1n) is 6.52. The summed E-state index contributed by atoms with van der Waals surface area (Å²) in [6, 6.07) is 5.55. The Bertz CT molecular complexity index is 445. The number of carbonyl (C=O) groups excluding carboxylic acids is 1. The van der Waals surface area contributed by atoms with E-state index in [1.165, 1.54) is 6.42 Å². The number of anilines is 1. The predicted octanol–water partition coefficient (Wildman–Crippen LogP) is 2.79. The van der Waals surface area contributed by atoms with Gasteiger partial charge >= 0.3 is 0 Å². The largest absolute Gasteiger partial charge is 0.497 e. The standard InChI is InChI=1S/C14H19BrN2O2/c1-19-13-7-11(15)6-12(8-13)17-14(18)3-2-10-4-5-16-9-10/h6-8,10,16H,2-5,9H2,1H3,(H,17,18). The molecule has 4 nitrogen and oxygen atoms in total. The summed E-state index contributed by atoms with van der Waals surface area (Å²) in [4.78, 5) is 11.9. The normalized spacial score (nSPS) is 18.3. The van der Waals surface area contributed by atoms with E-state index in [1.54, 1.807) is 7.11 Å². The van der Waals surface area contributed by atoms with Crippen LogP contribution in [0.15, 0.2) is 22.7 Å². The third-order valence-electron chi connectivity index (χ3n) is 3.33. The Morgan fingerprint density at radius 1 is 1.53 bits per heavy atom. The molecule has 1 unspecified atom stereocenters. The van der Waals surface area contributed by atoms with Gasteiger partial charge in [0.05, 0.1) is 7.11 Å². The van der Waals surface area contributed by atoms with Crippen molar-refractivity contribution in [1.82, 2.24) is 5.32 Å². The lowest BCUT2D eigenvalue weighted by Crippen LogP contribution is -2.15. The van der Waals surface area contributed by atoms with Crippen LogP contribution in [0.3, 0.4) is 0 Å². The van der Waals surface area contributed by atoms with Gasteiger partial charge in [-0.25, -0.2) is 0 Å². The number of carbonyl (C=O) groups is 1. The topological polar surface area (TPSA) is 50.4 Å². The van der Waals surface area contributed by atoms with Crippen LogP contribution in [0, 0.1) is 5.92 Å². The molecule has 0 radical (unpaired) electrons. The summed E-state index contributed by atoms with van der Waals surface area (Å²) in [5, 5.41) is 6.23. The second-order valence-corrected chi connectivity index (χ2v) is 5.74. The summed E-state index contributed by atoms with van der Waals surface area (Å²) in [5.41, 5.74) is 0.765. The van der Waals surface area contributed by atoms with Crippen LogP contribution in [-0.2, 0) is 4.79 Å². The highest BCUT2D eigenvalue weighted by Crippen LogP contribution is 2.25. The fourth-order valence-electron chi connectivity index (χ4n) is 2.27. The molecule has 1 aromatic carbocycles. The van der Waals surface area contributed by atoms with Crippen molar-refractivity contribution in [2.24, 2.45) is 5.92 Å². The van der Waals surface area contributed by atoms with Gasteiger partial charge in [-0.2, -0.15) is 0 Å². The zero-order valence-electron chi connectivity index (χ0n) is 11.0. The van der Waals surface area contributed by atoms with Crippen molar-refractivity contribution in [3.05, 3.63) is 22.7 Å². The number of amides is 1. The summed E-state index contributed by atoms with van der Waals surface area (Å²) in [6.45, 7) is 2.12. The van der Waals surface area contributed by atoms with Crippen LogP contribution in [0.1, 0.15) is 19.3 Å². The second-order valence-electron chi connectivity index (χ2n) is 4.83. The molecule has 0 bridgehead atoms. The summed E-state index contributed by atoms with van der Waals surface area (Å²) < 4.78 is 6.06. The molecule has 2 rings (SSSR count). The fourth-order valence-corrected chi connectivity index (χ4v) is 2.74. The molecule has 0 aromatic heterocycles. The van der Waals surface area contributed by atoms with Gasteiger partial charge < -0.3 is 15.4 Å². The molecule has 5 heteroatoms. The number of rotatable bonds is 5. The summed E-state index contributed by atoms with van der Waals surface area (Å²) in [7, 11) is 1.61. The average molecular weight is 327 g/mol. The minimum absolute atomic E-state index is 0.0621. The number of ether oxygens (including phenoxy) is 1. The minimum Gasteiger partial charge on any atom is -0.497 e. The van der Waals surface area contributed by atoms with Crippen LogP contribution in [0.4, 0.5) is 5.69 Å². The number of methoxy groups -OCH3 is 1. The molecule has 1 fully saturated rings. The first-order valence-corrected chi connectivity index (χ1v) is 7.32. The molecule has 19 heavy (non-hydrogen) atoms. The molecule has 1 amide bonds. The molecule has 1 heterocycles. The van der Waals surface area contributed by atoms with Gasteiger partial charge in [-0.3, -0.25) is 4.79 Å². The monoisotopic (exact) mass is 326 g/mol. The van der Waals surface area contributed by atoms with Gasteiger partial charge in [-0.15, -0.1) is 0 Å². The number of benzene rings is 1. The van der Waals surface area contributed by atoms with Crippen molar-refractivity contribution in [3.63, 3.8) is 0 Å². The quantitative estimate of drug-likeness (QED) is 0.874. The number of halogens is 1.